The van der Waals surface area contributed by atoms with E-state index in [0.717, 1.165) is 11.3 Å². The highest BCUT2D eigenvalue weighted by molar-refractivity contribution is 6.09. The Balaban J connectivity index is 2.09. The van der Waals surface area contributed by atoms with Gasteiger partial charge in [-0.25, -0.2) is 9.59 Å². The van der Waals surface area contributed by atoms with E-state index in [0.29, 0.717) is 19.3 Å². The third-order valence-electron chi connectivity index (χ3n) is 5.14. The molecular formula is C18H29N3O5. The van der Waals surface area contributed by atoms with E-state index in [9.17, 15) is 19.2 Å². The minimum Gasteiger partial charge on any atom is -0.480 e. The van der Waals surface area contributed by atoms with Gasteiger partial charge >= 0.3 is 12.0 Å². The quantitative estimate of drug-likeness (QED) is 0.615. The van der Waals surface area contributed by atoms with Gasteiger partial charge in [-0.05, 0) is 37.0 Å². The largest absolute Gasteiger partial charge is 0.480 e. The summed E-state index contributed by atoms with van der Waals surface area (Å²) in [6.45, 7) is 7.55. The zero-order valence-electron chi connectivity index (χ0n) is 15.9. The molecule has 2 rings (SSSR count). The molecule has 1 heterocycles. The van der Waals surface area contributed by atoms with Crippen LogP contribution >= 0.6 is 0 Å². The molecule has 2 aliphatic rings. The molecule has 1 saturated carbocycles. The van der Waals surface area contributed by atoms with Crippen molar-refractivity contribution in [2.75, 3.05) is 6.54 Å². The van der Waals surface area contributed by atoms with E-state index in [4.69, 9.17) is 5.11 Å². The van der Waals surface area contributed by atoms with Crippen LogP contribution in [0.4, 0.5) is 4.79 Å². The van der Waals surface area contributed by atoms with E-state index in [1.807, 2.05) is 6.92 Å². The lowest BCUT2D eigenvalue weighted by atomic mass is 9.64. The fraction of sp³-hybridized carbons (Fsp3) is 0.778. The maximum Gasteiger partial charge on any atom is 0.326 e. The second kappa shape index (κ2) is 7.25. The van der Waals surface area contributed by atoms with Crippen LogP contribution in [0.5, 0.6) is 0 Å². The van der Waals surface area contributed by atoms with Gasteiger partial charge in [0.15, 0.2) is 0 Å². The summed E-state index contributed by atoms with van der Waals surface area (Å²) in [7, 11) is 0. The van der Waals surface area contributed by atoms with Crippen molar-refractivity contribution >= 4 is 23.8 Å². The number of imide groups is 1. The van der Waals surface area contributed by atoms with Gasteiger partial charge in [-0.1, -0.05) is 34.1 Å². The van der Waals surface area contributed by atoms with E-state index in [2.05, 4.69) is 31.4 Å². The van der Waals surface area contributed by atoms with Crippen LogP contribution in [-0.4, -0.2) is 51.9 Å². The Morgan fingerprint density at radius 1 is 1.35 bits per heavy atom. The van der Waals surface area contributed by atoms with Gasteiger partial charge in [0.05, 0.1) is 0 Å². The second-order valence-corrected chi connectivity index (χ2v) is 8.50. The molecule has 0 bridgehead atoms. The lowest BCUT2D eigenvalue weighted by Crippen LogP contribution is -2.54. The van der Waals surface area contributed by atoms with Crippen LogP contribution in [0, 0.1) is 11.3 Å². The summed E-state index contributed by atoms with van der Waals surface area (Å²) in [5.74, 6) is -1.89. The summed E-state index contributed by atoms with van der Waals surface area (Å²) >= 11 is 0. The minimum absolute atomic E-state index is 0.0889. The van der Waals surface area contributed by atoms with Crippen LogP contribution in [0.15, 0.2) is 0 Å². The lowest BCUT2D eigenvalue weighted by molar-refractivity contribution is -0.142. The molecular weight excluding hydrogens is 338 g/mol. The molecule has 0 aromatic rings. The maximum atomic E-state index is 13.0. The van der Waals surface area contributed by atoms with Gasteiger partial charge in [0.25, 0.3) is 5.91 Å². The van der Waals surface area contributed by atoms with E-state index in [1.54, 1.807) is 0 Å². The molecule has 26 heavy (non-hydrogen) atoms. The number of nitrogens with zero attached hydrogens (tertiary/aromatic N) is 1. The number of carbonyl (C=O) groups excluding carboxylic acids is 3. The minimum atomic E-state index is -1.13. The van der Waals surface area contributed by atoms with Crippen molar-refractivity contribution in [2.24, 2.45) is 11.3 Å². The number of carboxylic acid groups (broad SMARTS) is 1. The second-order valence-electron chi connectivity index (χ2n) is 8.50. The molecule has 1 spiro atoms. The average molecular weight is 367 g/mol. The summed E-state index contributed by atoms with van der Waals surface area (Å²) in [6.07, 6.45) is 2.93. The Morgan fingerprint density at radius 2 is 2.00 bits per heavy atom. The fourth-order valence-electron chi connectivity index (χ4n) is 4.58. The summed E-state index contributed by atoms with van der Waals surface area (Å²) in [5, 5.41) is 14.3. The zero-order chi connectivity index (χ0) is 19.7. The van der Waals surface area contributed by atoms with Crippen LogP contribution < -0.4 is 10.6 Å². The Kier molecular flexibility index (Phi) is 5.63. The molecule has 3 unspecified atom stereocenters. The number of nitrogens with one attached hydrogen (secondary N) is 2. The van der Waals surface area contributed by atoms with E-state index >= 15 is 0 Å². The highest BCUT2D eigenvalue weighted by Crippen LogP contribution is 2.46. The lowest BCUT2D eigenvalue weighted by Gasteiger charge is -2.43. The molecule has 3 N–H and O–H groups in total. The fourth-order valence-corrected chi connectivity index (χ4v) is 4.58. The molecule has 0 radical (unpaired) electrons. The van der Waals surface area contributed by atoms with Crippen LogP contribution in [0.2, 0.25) is 0 Å². The third-order valence-corrected chi connectivity index (χ3v) is 5.14. The number of carboxylic acids is 1. The molecule has 8 heteroatoms. The van der Waals surface area contributed by atoms with Crippen LogP contribution in [0.25, 0.3) is 0 Å². The van der Waals surface area contributed by atoms with Gasteiger partial charge < -0.3 is 15.7 Å². The van der Waals surface area contributed by atoms with Crippen LogP contribution in [0.3, 0.4) is 0 Å². The number of carbonyl (C=O) groups is 4. The van der Waals surface area contributed by atoms with Crippen molar-refractivity contribution in [3.8, 4) is 0 Å². The highest BCUT2D eigenvalue weighted by Gasteiger charge is 2.56. The van der Waals surface area contributed by atoms with Gasteiger partial charge in [0, 0.05) is 0 Å². The first kappa shape index (κ1) is 20.2. The normalized spacial score (nSPS) is 28.8. The summed E-state index contributed by atoms with van der Waals surface area (Å²) in [4.78, 5) is 49.6. The van der Waals surface area contributed by atoms with Gasteiger partial charge in [-0.3, -0.25) is 14.5 Å². The molecule has 0 aromatic heterocycles. The van der Waals surface area contributed by atoms with Crippen molar-refractivity contribution in [2.45, 2.75) is 71.4 Å². The first-order valence-electron chi connectivity index (χ1n) is 9.16. The monoisotopic (exact) mass is 367 g/mol. The number of hydrogen-bond donors (Lipinski definition) is 3. The summed E-state index contributed by atoms with van der Waals surface area (Å²) in [5.41, 5.74) is -1.05. The SMILES string of the molecule is CCCC(NC(=O)CN1C(=O)NC2(CC(C)CC(C)(C)C2)C1=O)C(=O)O. The number of urea groups is 1. The molecule has 3 atom stereocenters. The van der Waals surface area contributed by atoms with Gasteiger partial charge in [-0.15, -0.1) is 0 Å². The Labute approximate surface area is 153 Å². The van der Waals surface area contributed by atoms with Crippen molar-refractivity contribution in [3.05, 3.63) is 0 Å². The average Bonchev–Trinajstić information content (AvgIpc) is 2.68. The van der Waals surface area contributed by atoms with Gasteiger partial charge in [0.1, 0.15) is 18.1 Å². The van der Waals surface area contributed by atoms with Crippen molar-refractivity contribution in [1.82, 2.24) is 15.5 Å². The third kappa shape index (κ3) is 4.16. The van der Waals surface area contributed by atoms with E-state index < -0.39 is 36.0 Å². The van der Waals surface area contributed by atoms with E-state index in [1.165, 1.54) is 0 Å². The maximum absolute atomic E-state index is 13.0. The molecule has 8 nitrogen and oxygen atoms in total. The zero-order valence-corrected chi connectivity index (χ0v) is 15.9. The first-order valence-corrected chi connectivity index (χ1v) is 9.16. The van der Waals surface area contributed by atoms with E-state index in [-0.39, 0.29) is 23.7 Å². The molecule has 0 aromatic carbocycles. The van der Waals surface area contributed by atoms with Gasteiger partial charge in [-0.2, -0.15) is 0 Å². The van der Waals surface area contributed by atoms with Crippen molar-refractivity contribution in [3.63, 3.8) is 0 Å². The molecule has 1 aliphatic heterocycles. The van der Waals surface area contributed by atoms with Crippen LogP contribution in [0.1, 0.15) is 59.8 Å². The number of aliphatic carboxylic acids is 1. The Morgan fingerprint density at radius 3 is 2.54 bits per heavy atom. The first-order chi connectivity index (χ1) is 12.0. The summed E-state index contributed by atoms with van der Waals surface area (Å²) < 4.78 is 0. The standard InChI is InChI=1S/C18H29N3O5/c1-5-6-12(14(23)24)19-13(22)9-21-15(25)18(20-16(21)26)8-11(2)7-17(3,4)10-18/h11-12H,5-10H2,1-4H3,(H,19,22)(H,20,26)(H,23,24). The van der Waals surface area contributed by atoms with Crippen molar-refractivity contribution in [1.29, 1.82) is 0 Å². The predicted octanol–water partition coefficient (Wildman–Crippen LogP) is 1.49. The number of amides is 4. The number of rotatable bonds is 6. The number of hydrogen-bond acceptors (Lipinski definition) is 4. The van der Waals surface area contributed by atoms with Crippen molar-refractivity contribution < 1.29 is 24.3 Å². The molecule has 1 saturated heterocycles. The molecule has 146 valence electrons. The molecule has 4 amide bonds. The predicted molar refractivity (Wildman–Crippen MR) is 94.2 cm³/mol. The Bertz CT molecular complexity index is 618. The highest BCUT2D eigenvalue weighted by atomic mass is 16.4. The van der Waals surface area contributed by atoms with Gasteiger partial charge in [0.2, 0.25) is 5.91 Å². The molecule has 2 fully saturated rings. The van der Waals surface area contributed by atoms with Crippen LogP contribution in [-0.2, 0) is 14.4 Å². The molecule has 1 aliphatic carbocycles. The topological polar surface area (TPSA) is 116 Å². The Hall–Kier alpha value is -2.12. The summed E-state index contributed by atoms with van der Waals surface area (Å²) in [6, 6.07) is -1.60. The smallest absolute Gasteiger partial charge is 0.326 e.